The summed E-state index contributed by atoms with van der Waals surface area (Å²) in [5, 5.41) is 8.40. The molecule has 6 heteroatoms. The van der Waals surface area contributed by atoms with Crippen molar-refractivity contribution in [2.24, 2.45) is 0 Å². The Labute approximate surface area is 139 Å². The molecule has 1 heterocycles. The van der Waals surface area contributed by atoms with Crippen LogP contribution in [0.5, 0.6) is 5.75 Å². The number of carbonyl (C=O) groups excluding carboxylic acids is 1. The standard InChI is InChI=1S/C18H18N2O4/c1-12-4-9-15-16(11-12)24-18(19-15)13-5-7-14(8-6-13)23-10-2-3-17(21)20-22/h4-9,11,22H,2-3,10H2,1H3,(H,20,21). The molecule has 0 atom stereocenters. The van der Waals surface area contributed by atoms with Gasteiger partial charge in [-0.15, -0.1) is 0 Å². The first-order chi connectivity index (χ1) is 11.7. The highest BCUT2D eigenvalue weighted by molar-refractivity contribution is 5.77. The Hall–Kier alpha value is -2.86. The van der Waals surface area contributed by atoms with E-state index in [1.165, 1.54) is 0 Å². The third-order valence-corrected chi connectivity index (χ3v) is 3.59. The fourth-order valence-corrected chi connectivity index (χ4v) is 2.33. The predicted octanol–water partition coefficient (Wildman–Crippen LogP) is 3.47. The lowest BCUT2D eigenvalue weighted by Gasteiger charge is -2.05. The molecule has 0 aliphatic heterocycles. The van der Waals surface area contributed by atoms with Crippen molar-refractivity contribution in [3.8, 4) is 17.2 Å². The van der Waals surface area contributed by atoms with E-state index in [1.807, 2.05) is 49.4 Å². The summed E-state index contributed by atoms with van der Waals surface area (Å²) in [6.07, 6.45) is 0.746. The minimum absolute atomic E-state index is 0.219. The van der Waals surface area contributed by atoms with Crippen molar-refractivity contribution in [2.75, 3.05) is 6.61 Å². The summed E-state index contributed by atoms with van der Waals surface area (Å²) in [4.78, 5) is 15.4. The molecule has 6 nitrogen and oxygen atoms in total. The van der Waals surface area contributed by atoms with Crippen LogP contribution < -0.4 is 10.2 Å². The Bertz CT molecular complexity index is 840. The maximum atomic E-state index is 10.9. The molecule has 2 N–H and O–H groups in total. The quantitative estimate of drug-likeness (QED) is 0.412. The summed E-state index contributed by atoms with van der Waals surface area (Å²) in [5.74, 6) is 0.858. The van der Waals surface area contributed by atoms with Gasteiger partial charge in [0.1, 0.15) is 11.3 Å². The molecule has 0 aliphatic carbocycles. The number of hydrogen-bond acceptors (Lipinski definition) is 5. The first-order valence-electron chi connectivity index (χ1n) is 7.69. The zero-order chi connectivity index (χ0) is 16.9. The van der Waals surface area contributed by atoms with E-state index in [0.29, 0.717) is 24.7 Å². The van der Waals surface area contributed by atoms with Crippen LogP contribution in [0.4, 0.5) is 0 Å². The Morgan fingerprint density at radius 3 is 2.79 bits per heavy atom. The van der Waals surface area contributed by atoms with Crippen molar-refractivity contribution >= 4 is 17.0 Å². The van der Waals surface area contributed by atoms with E-state index in [4.69, 9.17) is 14.4 Å². The number of fused-ring (bicyclic) bond motifs is 1. The smallest absolute Gasteiger partial charge is 0.243 e. The molecule has 124 valence electrons. The van der Waals surface area contributed by atoms with Crippen molar-refractivity contribution in [1.82, 2.24) is 10.5 Å². The van der Waals surface area contributed by atoms with Gasteiger partial charge in [0.15, 0.2) is 5.58 Å². The first kappa shape index (κ1) is 16.0. The van der Waals surface area contributed by atoms with Crippen molar-refractivity contribution in [3.63, 3.8) is 0 Å². The summed E-state index contributed by atoms with van der Waals surface area (Å²) < 4.78 is 11.3. The van der Waals surface area contributed by atoms with E-state index < -0.39 is 5.91 Å². The number of amides is 1. The highest BCUT2D eigenvalue weighted by Gasteiger charge is 2.08. The number of hydrogen-bond donors (Lipinski definition) is 2. The summed E-state index contributed by atoms with van der Waals surface area (Å²) >= 11 is 0. The van der Waals surface area contributed by atoms with E-state index in [1.54, 1.807) is 5.48 Å². The van der Waals surface area contributed by atoms with Gasteiger partial charge in [-0.05, 0) is 55.3 Å². The van der Waals surface area contributed by atoms with Crippen LogP contribution in [0.3, 0.4) is 0 Å². The van der Waals surface area contributed by atoms with Gasteiger partial charge in [0.05, 0.1) is 6.61 Å². The second-order valence-electron chi connectivity index (χ2n) is 5.50. The van der Waals surface area contributed by atoms with Crippen LogP contribution in [0.2, 0.25) is 0 Å². The monoisotopic (exact) mass is 326 g/mol. The van der Waals surface area contributed by atoms with E-state index in [-0.39, 0.29) is 6.42 Å². The normalized spacial score (nSPS) is 10.8. The molecule has 2 aromatic carbocycles. The maximum Gasteiger partial charge on any atom is 0.243 e. The molecular formula is C18H18N2O4. The molecule has 0 unspecified atom stereocenters. The molecule has 0 fully saturated rings. The van der Waals surface area contributed by atoms with Crippen LogP contribution in [0.25, 0.3) is 22.6 Å². The second kappa shape index (κ2) is 7.14. The zero-order valence-corrected chi connectivity index (χ0v) is 13.3. The van der Waals surface area contributed by atoms with Gasteiger partial charge in [0, 0.05) is 12.0 Å². The summed E-state index contributed by atoms with van der Waals surface area (Å²) in [6.45, 7) is 2.41. The van der Waals surface area contributed by atoms with Crippen molar-refractivity contribution < 1.29 is 19.2 Å². The number of aromatic nitrogens is 1. The lowest BCUT2D eigenvalue weighted by Crippen LogP contribution is -2.18. The molecule has 0 radical (unpaired) electrons. The van der Waals surface area contributed by atoms with E-state index in [2.05, 4.69) is 4.98 Å². The molecule has 0 spiro atoms. The molecule has 24 heavy (non-hydrogen) atoms. The fraction of sp³-hybridized carbons (Fsp3) is 0.222. The third-order valence-electron chi connectivity index (χ3n) is 3.59. The average Bonchev–Trinajstić information content (AvgIpc) is 3.02. The van der Waals surface area contributed by atoms with Crippen molar-refractivity contribution in [1.29, 1.82) is 0 Å². The van der Waals surface area contributed by atoms with Crippen LogP contribution in [-0.2, 0) is 4.79 Å². The Morgan fingerprint density at radius 1 is 1.25 bits per heavy atom. The van der Waals surface area contributed by atoms with Crippen LogP contribution in [0.1, 0.15) is 18.4 Å². The number of oxazole rings is 1. The zero-order valence-electron chi connectivity index (χ0n) is 13.3. The van der Waals surface area contributed by atoms with Crippen molar-refractivity contribution in [3.05, 3.63) is 48.0 Å². The average molecular weight is 326 g/mol. The minimum atomic E-state index is -0.417. The van der Waals surface area contributed by atoms with E-state index in [0.717, 1.165) is 22.2 Å². The second-order valence-corrected chi connectivity index (χ2v) is 5.50. The molecule has 0 saturated carbocycles. The van der Waals surface area contributed by atoms with Gasteiger partial charge >= 0.3 is 0 Å². The van der Waals surface area contributed by atoms with Crippen LogP contribution >= 0.6 is 0 Å². The molecule has 1 amide bonds. The molecule has 1 aromatic heterocycles. The highest BCUT2D eigenvalue weighted by atomic mass is 16.5. The Kier molecular flexibility index (Phi) is 4.77. The highest BCUT2D eigenvalue weighted by Crippen LogP contribution is 2.26. The third kappa shape index (κ3) is 3.72. The van der Waals surface area contributed by atoms with Gasteiger partial charge in [0.25, 0.3) is 0 Å². The van der Waals surface area contributed by atoms with Gasteiger partial charge in [-0.3, -0.25) is 10.0 Å². The molecule has 0 aliphatic rings. The topological polar surface area (TPSA) is 84.6 Å². The number of benzene rings is 2. The molecule has 3 aromatic rings. The number of hydroxylamine groups is 1. The van der Waals surface area contributed by atoms with E-state index >= 15 is 0 Å². The van der Waals surface area contributed by atoms with Gasteiger partial charge in [0.2, 0.25) is 11.8 Å². The number of rotatable bonds is 6. The largest absolute Gasteiger partial charge is 0.494 e. The molecular weight excluding hydrogens is 308 g/mol. The maximum absolute atomic E-state index is 10.9. The lowest BCUT2D eigenvalue weighted by molar-refractivity contribution is -0.129. The Morgan fingerprint density at radius 2 is 2.04 bits per heavy atom. The van der Waals surface area contributed by atoms with Crippen LogP contribution in [-0.4, -0.2) is 22.7 Å². The van der Waals surface area contributed by atoms with Gasteiger partial charge in [-0.1, -0.05) is 6.07 Å². The SMILES string of the molecule is Cc1ccc2nc(-c3ccc(OCCCC(=O)NO)cc3)oc2c1. The summed E-state index contributed by atoms with van der Waals surface area (Å²) in [7, 11) is 0. The number of carbonyl (C=O) groups is 1. The van der Waals surface area contributed by atoms with Gasteiger partial charge in [-0.25, -0.2) is 10.5 Å². The summed E-state index contributed by atoms with van der Waals surface area (Å²) in [5.41, 5.74) is 5.19. The number of nitrogens with one attached hydrogen (secondary N) is 1. The molecule has 0 saturated heterocycles. The van der Waals surface area contributed by atoms with E-state index in [9.17, 15) is 4.79 Å². The molecule has 3 rings (SSSR count). The minimum Gasteiger partial charge on any atom is -0.494 e. The number of aryl methyl sites for hydroxylation is 1. The number of ether oxygens (including phenoxy) is 1. The molecule has 0 bridgehead atoms. The predicted molar refractivity (Wildman–Crippen MR) is 88.8 cm³/mol. The lowest BCUT2D eigenvalue weighted by atomic mass is 10.2. The summed E-state index contributed by atoms with van der Waals surface area (Å²) in [6, 6.07) is 13.3. The van der Waals surface area contributed by atoms with Crippen LogP contribution in [0, 0.1) is 6.92 Å². The van der Waals surface area contributed by atoms with Gasteiger partial charge < -0.3 is 9.15 Å². The van der Waals surface area contributed by atoms with Crippen LogP contribution in [0.15, 0.2) is 46.9 Å². The fourth-order valence-electron chi connectivity index (χ4n) is 2.33. The van der Waals surface area contributed by atoms with Crippen molar-refractivity contribution in [2.45, 2.75) is 19.8 Å². The Balaban J connectivity index is 1.64. The van der Waals surface area contributed by atoms with Gasteiger partial charge in [-0.2, -0.15) is 0 Å². The first-order valence-corrected chi connectivity index (χ1v) is 7.69. The number of nitrogens with zero attached hydrogens (tertiary/aromatic N) is 1.